The zero-order valence-electron chi connectivity index (χ0n) is 14.0. The third-order valence-corrected chi connectivity index (χ3v) is 3.77. The lowest BCUT2D eigenvalue weighted by molar-refractivity contribution is 0.0527. The van der Waals surface area contributed by atoms with Crippen LogP contribution in [-0.4, -0.2) is 41.3 Å². The van der Waals surface area contributed by atoms with Gasteiger partial charge in [-0.2, -0.15) is 4.98 Å². The Morgan fingerprint density at radius 1 is 1.39 bits per heavy atom. The normalized spacial score (nSPS) is 11.7. The van der Waals surface area contributed by atoms with Crippen molar-refractivity contribution >= 4 is 22.4 Å². The molecule has 0 aliphatic heterocycles. The zero-order valence-corrected chi connectivity index (χ0v) is 14.8. The molecule has 0 aliphatic rings. The standard InChI is InChI=1S/C15H24N4O3S/c1-15(2,3)22-14(20)17-7-5-6-16-10-11-12(21-4)18-13-19(11)8-9-23-13/h8-9,16H,5-7,10H2,1-4H3,(H,17,20). The van der Waals surface area contributed by atoms with E-state index < -0.39 is 5.60 Å². The van der Waals surface area contributed by atoms with E-state index in [0.29, 0.717) is 19.0 Å². The van der Waals surface area contributed by atoms with Gasteiger partial charge >= 0.3 is 6.09 Å². The maximum absolute atomic E-state index is 11.5. The molecule has 128 valence electrons. The van der Waals surface area contributed by atoms with Crippen LogP contribution in [0, 0.1) is 0 Å². The fraction of sp³-hybridized carbons (Fsp3) is 0.600. The van der Waals surface area contributed by atoms with Crippen LogP contribution in [0.15, 0.2) is 11.6 Å². The molecule has 0 atom stereocenters. The topological polar surface area (TPSA) is 76.9 Å². The highest BCUT2D eigenvalue weighted by molar-refractivity contribution is 7.15. The van der Waals surface area contributed by atoms with Crippen molar-refractivity contribution in [2.75, 3.05) is 20.2 Å². The van der Waals surface area contributed by atoms with Crippen molar-refractivity contribution in [1.82, 2.24) is 20.0 Å². The number of aromatic nitrogens is 2. The Hall–Kier alpha value is -1.80. The summed E-state index contributed by atoms with van der Waals surface area (Å²) < 4.78 is 12.5. The van der Waals surface area contributed by atoms with Gasteiger partial charge in [0.1, 0.15) is 11.3 Å². The number of methoxy groups -OCH3 is 1. The molecule has 0 unspecified atom stereocenters. The highest BCUT2D eigenvalue weighted by Gasteiger charge is 2.15. The molecule has 1 amide bonds. The highest BCUT2D eigenvalue weighted by atomic mass is 32.1. The van der Waals surface area contributed by atoms with Gasteiger partial charge in [-0.25, -0.2) is 4.79 Å². The molecule has 23 heavy (non-hydrogen) atoms. The summed E-state index contributed by atoms with van der Waals surface area (Å²) in [6.45, 7) is 7.54. The fourth-order valence-electron chi connectivity index (χ4n) is 2.06. The van der Waals surface area contributed by atoms with Crippen LogP contribution in [0.5, 0.6) is 5.88 Å². The maximum Gasteiger partial charge on any atom is 0.407 e. The van der Waals surface area contributed by atoms with Crippen LogP contribution in [0.3, 0.4) is 0 Å². The molecule has 0 radical (unpaired) electrons. The lowest BCUT2D eigenvalue weighted by Crippen LogP contribution is -2.33. The van der Waals surface area contributed by atoms with Crippen LogP contribution in [0.2, 0.25) is 0 Å². The molecule has 2 heterocycles. The molecule has 2 aromatic rings. The summed E-state index contributed by atoms with van der Waals surface area (Å²) in [5.41, 5.74) is 0.538. The molecule has 0 bridgehead atoms. The number of rotatable bonds is 7. The van der Waals surface area contributed by atoms with Crippen LogP contribution >= 0.6 is 11.3 Å². The van der Waals surface area contributed by atoms with E-state index in [1.165, 1.54) is 0 Å². The van der Waals surface area contributed by atoms with Crippen molar-refractivity contribution in [3.8, 4) is 5.88 Å². The predicted octanol–water partition coefficient (Wildman–Crippen LogP) is 2.41. The summed E-state index contributed by atoms with van der Waals surface area (Å²) >= 11 is 1.58. The Morgan fingerprint density at radius 3 is 2.87 bits per heavy atom. The summed E-state index contributed by atoms with van der Waals surface area (Å²) in [6, 6.07) is 0. The van der Waals surface area contributed by atoms with Crippen molar-refractivity contribution in [1.29, 1.82) is 0 Å². The molecule has 8 heteroatoms. The molecule has 0 fully saturated rings. The van der Waals surface area contributed by atoms with E-state index in [1.807, 2.05) is 36.7 Å². The average molecular weight is 340 g/mol. The molecule has 2 N–H and O–H groups in total. The predicted molar refractivity (Wildman–Crippen MR) is 90.2 cm³/mol. The van der Waals surface area contributed by atoms with Gasteiger partial charge in [-0.15, -0.1) is 11.3 Å². The Bertz CT molecular complexity index is 645. The largest absolute Gasteiger partial charge is 0.480 e. The Labute approximate surface area is 140 Å². The van der Waals surface area contributed by atoms with Crippen LogP contribution in [-0.2, 0) is 11.3 Å². The van der Waals surface area contributed by atoms with Gasteiger partial charge in [0.2, 0.25) is 5.88 Å². The number of nitrogens with one attached hydrogen (secondary N) is 2. The van der Waals surface area contributed by atoms with Gasteiger partial charge in [-0.05, 0) is 33.7 Å². The van der Waals surface area contributed by atoms with E-state index in [-0.39, 0.29) is 6.09 Å². The third-order valence-electron chi connectivity index (χ3n) is 3.01. The molecule has 0 aromatic carbocycles. The van der Waals surface area contributed by atoms with Gasteiger partial charge < -0.3 is 20.1 Å². The highest BCUT2D eigenvalue weighted by Crippen LogP contribution is 2.22. The van der Waals surface area contributed by atoms with Gasteiger partial charge in [0.05, 0.1) is 7.11 Å². The van der Waals surface area contributed by atoms with E-state index >= 15 is 0 Å². The first-order valence-electron chi connectivity index (χ1n) is 7.56. The fourth-order valence-corrected chi connectivity index (χ4v) is 2.79. The quantitative estimate of drug-likeness (QED) is 0.757. The first-order chi connectivity index (χ1) is 10.9. The molecule has 0 aliphatic carbocycles. The van der Waals surface area contributed by atoms with Gasteiger partial charge in [0.15, 0.2) is 4.96 Å². The van der Waals surface area contributed by atoms with E-state index in [1.54, 1.807) is 18.4 Å². The molecule has 0 saturated heterocycles. The average Bonchev–Trinajstić information content (AvgIpc) is 3.01. The molecule has 2 rings (SSSR count). The summed E-state index contributed by atoms with van der Waals surface area (Å²) in [7, 11) is 1.63. The number of amides is 1. The number of fused-ring (bicyclic) bond motifs is 1. The van der Waals surface area contributed by atoms with Crippen LogP contribution in [0.1, 0.15) is 32.9 Å². The molecular formula is C15H24N4O3S. The Kier molecular flexibility index (Phi) is 5.84. The minimum absolute atomic E-state index is 0.380. The first kappa shape index (κ1) is 17.6. The van der Waals surface area contributed by atoms with Crippen molar-refractivity contribution < 1.29 is 14.3 Å². The van der Waals surface area contributed by atoms with Crippen molar-refractivity contribution in [2.24, 2.45) is 0 Å². The number of thiazole rings is 1. The summed E-state index contributed by atoms with van der Waals surface area (Å²) in [5, 5.41) is 8.07. The molecule has 0 saturated carbocycles. The second-order valence-corrected chi connectivity index (χ2v) is 6.96. The maximum atomic E-state index is 11.5. The summed E-state index contributed by atoms with van der Waals surface area (Å²) in [5.74, 6) is 0.649. The monoisotopic (exact) mass is 340 g/mol. The Morgan fingerprint density at radius 2 is 2.17 bits per heavy atom. The van der Waals surface area contributed by atoms with Crippen molar-refractivity contribution in [3.63, 3.8) is 0 Å². The second kappa shape index (κ2) is 7.65. The second-order valence-electron chi connectivity index (χ2n) is 6.08. The van der Waals surface area contributed by atoms with Gasteiger partial charge in [-0.1, -0.05) is 0 Å². The lowest BCUT2D eigenvalue weighted by Gasteiger charge is -2.19. The third kappa shape index (κ3) is 5.11. The first-order valence-corrected chi connectivity index (χ1v) is 8.44. The smallest absolute Gasteiger partial charge is 0.407 e. The minimum atomic E-state index is -0.465. The SMILES string of the molecule is COc1nc2sccn2c1CNCCCNC(=O)OC(C)(C)C. The van der Waals surface area contributed by atoms with E-state index in [0.717, 1.165) is 23.6 Å². The molecule has 0 spiro atoms. The van der Waals surface area contributed by atoms with Crippen molar-refractivity contribution in [3.05, 3.63) is 17.3 Å². The van der Waals surface area contributed by atoms with E-state index in [4.69, 9.17) is 9.47 Å². The summed E-state index contributed by atoms with van der Waals surface area (Å²) in [6.07, 6.45) is 2.42. The lowest BCUT2D eigenvalue weighted by atomic mass is 10.2. The van der Waals surface area contributed by atoms with Gasteiger partial charge in [-0.3, -0.25) is 4.40 Å². The van der Waals surface area contributed by atoms with E-state index in [9.17, 15) is 4.79 Å². The number of hydrogen-bond acceptors (Lipinski definition) is 6. The Balaban J connectivity index is 1.69. The van der Waals surface area contributed by atoms with Crippen LogP contribution < -0.4 is 15.4 Å². The number of nitrogens with zero attached hydrogens (tertiary/aromatic N) is 2. The number of imidazole rings is 1. The number of carbonyl (C=O) groups is 1. The van der Waals surface area contributed by atoms with Crippen LogP contribution in [0.25, 0.3) is 4.96 Å². The zero-order chi connectivity index (χ0) is 16.9. The van der Waals surface area contributed by atoms with Gasteiger partial charge in [0.25, 0.3) is 0 Å². The van der Waals surface area contributed by atoms with Crippen LogP contribution in [0.4, 0.5) is 4.79 Å². The minimum Gasteiger partial charge on any atom is -0.480 e. The number of carbonyl (C=O) groups excluding carboxylic acids is 1. The van der Waals surface area contributed by atoms with Crippen molar-refractivity contribution in [2.45, 2.75) is 39.3 Å². The molecule has 2 aromatic heterocycles. The van der Waals surface area contributed by atoms with E-state index in [2.05, 4.69) is 15.6 Å². The number of ether oxygens (including phenoxy) is 2. The number of hydrogen-bond donors (Lipinski definition) is 2. The summed E-state index contributed by atoms with van der Waals surface area (Å²) in [4.78, 5) is 16.8. The molecular weight excluding hydrogens is 316 g/mol. The van der Waals surface area contributed by atoms with Gasteiger partial charge in [0, 0.05) is 24.7 Å². The number of alkyl carbamates (subject to hydrolysis) is 1. The molecule has 7 nitrogen and oxygen atoms in total.